The van der Waals surface area contributed by atoms with Crippen molar-refractivity contribution in [1.82, 2.24) is 4.98 Å². The first-order chi connectivity index (χ1) is 8.54. The molecule has 2 unspecified atom stereocenters. The van der Waals surface area contributed by atoms with Crippen molar-refractivity contribution in [2.75, 3.05) is 0 Å². The summed E-state index contributed by atoms with van der Waals surface area (Å²) < 4.78 is 11.4. The molecule has 1 aromatic rings. The van der Waals surface area contributed by atoms with Crippen LogP contribution in [0, 0.1) is 0 Å². The number of hydrogen-bond acceptors (Lipinski definition) is 4. The summed E-state index contributed by atoms with van der Waals surface area (Å²) in [5.74, 6) is -0.520. The smallest absolute Gasteiger partial charge is 0.337 e. The van der Waals surface area contributed by atoms with Crippen LogP contribution >= 0.6 is 0 Å². The number of carbonyl (C=O) groups is 1. The fraction of sp³-hybridized carbons (Fsp3) is 0.538. The molecule has 98 valence electrons. The summed E-state index contributed by atoms with van der Waals surface area (Å²) >= 11 is 0. The molecule has 5 heteroatoms. The van der Waals surface area contributed by atoms with E-state index in [9.17, 15) is 4.79 Å². The molecule has 0 aliphatic carbocycles. The Balaban J connectivity index is 1.98. The van der Waals surface area contributed by atoms with Gasteiger partial charge in [0.2, 0.25) is 5.88 Å². The predicted octanol–water partition coefficient (Wildman–Crippen LogP) is 2.11. The minimum Gasteiger partial charge on any atom is -0.478 e. The first-order valence-electron chi connectivity index (χ1n) is 6.06. The molecule has 18 heavy (non-hydrogen) atoms. The molecule has 0 aromatic carbocycles. The Kier molecular flexibility index (Phi) is 3.81. The number of aromatic nitrogens is 1. The second-order valence-corrected chi connectivity index (χ2v) is 4.66. The quantitative estimate of drug-likeness (QED) is 0.891. The van der Waals surface area contributed by atoms with Crippen LogP contribution in [0.15, 0.2) is 18.3 Å². The molecule has 0 radical (unpaired) electrons. The molecular formula is C13H17NO4. The topological polar surface area (TPSA) is 68.7 Å². The zero-order valence-electron chi connectivity index (χ0n) is 10.5. The number of nitrogens with zero attached hydrogens (tertiary/aromatic N) is 1. The first kappa shape index (κ1) is 12.8. The largest absolute Gasteiger partial charge is 0.478 e. The third kappa shape index (κ3) is 3.20. The maximum atomic E-state index is 10.7. The monoisotopic (exact) mass is 251 g/mol. The molecule has 0 bridgehead atoms. The van der Waals surface area contributed by atoms with Gasteiger partial charge in [-0.1, -0.05) is 0 Å². The van der Waals surface area contributed by atoms with Gasteiger partial charge >= 0.3 is 5.97 Å². The second-order valence-electron chi connectivity index (χ2n) is 4.66. The molecule has 0 saturated carbocycles. The zero-order valence-corrected chi connectivity index (χ0v) is 10.5. The van der Waals surface area contributed by atoms with E-state index < -0.39 is 5.97 Å². The van der Waals surface area contributed by atoms with E-state index in [0.717, 1.165) is 12.8 Å². The van der Waals surface area contributed by atoms with Crippen LogP contribution in [0.2, 0.25) is 0 Å². The number of pyridine rings is 1. The van der Waals surface area contributed by atoms with Crippen LogP contribution in [-0.2, 0) is 4.74 Å². The molecule has 1 aliphatic rings. The van der Waals surface area contributed by atoms with Crippen LogP contribution in [0.3, 0.4) is 0 Å². The average molecular weight is 251 g/mol. The third-order valence-electron chi connectivity index (χ3n) is 2.92. The number of hydrogen-bond donors (Lipinski definition) is 1. The van der Waals surface area contributed by atoms with Crippen molar-refractivity contribution < 1.29 is 19.4 Å². The fourth-order valence-electron chi connectivity index (χ4n) is 2.19. The van der Waals surface area contributed by atoms with Gasteiger partial charge < -0.3 is 14.6 Å². The van der Waals surface area contributed by atoms with Gasteiger partial charge in [0, 0.05) is 25.1 Å². The molecule has 1 aliphatic heterocycles. The van der Waals surface area contributed by atoms with E-state index in [0.29, 0.717) is 5.88 Å². The lowest BCUT2D eigenvalue weighted by molar-refractivity contribution is -0.0729. The summed E-state index contributed by atoms with van der Waals surface area (Å²) in [6.45, 7) is 4.04. The van der Waals surface area contributed by atoms with Crippen molar-refractivity contribution in [3.63, 3.8) is 0 Å². The minimum atomic E-state index is -0.984. The maximum absolute atomic E-state index is 10.7. The molecule has 1 aromatic heterocycles. The van der Waals surface area contributed by atoms with E-state index in [-0.39, 0.29) is 23.9 Å². The Hall–Kier alpha value is -1.62. The summed E-state index contributed by atoms with van der Waals surface area (Å²) in [4.78, 5) is 14.7. The lowest BCUT2D eigenvalue weighted by Crippen LogP contribution is -2.35. The standard InChI is InChI=1S/C13H17NO4/c1-8-5-11(6-9(2)17-8)18-12-4-3-10(7-14-12)13(15)16/h3-4,7-9,11H,5-6H2,1-2H3,(H,15,16). The summed E-state index contributed by atoms with van der Waals surface area (Å²) in [6.07, 6.45) is 3.39. The van der Waals surface area contributed by atoms with E-state index in [1.165, 1.54) is 12.3 Å². The van der Waals surface area contributed by atoms with Gasteiger partial charge in [0.1, 0.15) is 6.10 Å². The maximum Gasteiger partial charge on any atom is 0.337 e. The van der Waals surface area contributed by atoms with E-state index >= 15 is 0 Å². The van der Waals surface area contributed by atoms with Crippen LogP contribution in [0.1, 0.15) is 37.0 Å². The van der Waals surface area contributed by atoms with E-state index in [4.69, 9.17) is 14.6 Å². The summed E-state index contributed by atoms with van der Waals surface area (Å²) in [5, 5.41) is 8.77. The van der Waals surface area contributed by atoms with Gasteiger partial charge in [-0.15, -0.1) is 0 Å². The highest BCUT2D eigenvalue weighted by Crippen LogP contribution is 2.23. The number of carboxylic acid groups (broad SMARTS) is 1. The molecule has 1 saturated heterocycles. The Labute approximate surface area is 106 Å². The molecule has 2 atom stereocenters. The van der Waals surface area contributed by atoms with Crippen molar-refractivity contribution in [3.8, 4) is 5.88 Å². The van der Waals surface area contributed by atoms with Crippen molar-refractivity contribution in [2.24, 2.45) is 0 Å². The number of carboxylic acids is 1. The summed E-state index contributed by atoms with van der Waals surface area (Å²) in [6, 6.07) is 3.09. The Morgan fingerprint density at radius 2 is 2.06 bits per heavy atom. The van der Waals surface area contributed by atoms with Gasteiger partial charge in [-0.3, -0.25) is 0 Å². The van der Waals surface area contributed by atoms with Gasteiger partial charge in [0.05, 0.1) is 17.8 Å². The molecule has 0 amide bonds. The molecule has 2 rings (SSSR count). The second kappa shape index (κ2) is 5.35. The van der Waals surface area contributed by atoms with Gasteiger partial charge in [-0.2, -0.15) is 0 Å². The van der Waals surface area contributed by atoms with Crippen LogP contribution in [0.25, 0.3) is 0 Å². The first-order valence-corrected chi connectivity index (χ1v) is 6.06. The molecule has 1 N–H and O–H groups in total. The predicted molar refractivity (Wildman–Crippen MR) is 64.9 cm³/mol. The molecule has 5 nitrogen and oxygen atoms in total. The number of aromatic carboxylic acids is 1. The van der Waals surface area contributed by atoms with Crippen LogP contribution in [0.5, 0.6) is 5.88 Å². The van der Waals surface area contributed by atoms with Crippen molar-refractivity contribution in [3.05, 3.63) is 23.9 Å². The number of ether oxygens (including phenoxy) is 2. The highest BCUT2D eigenvalue weighted by molar-refractivity contribution is 5.87. The lowest BCUT2D eigenvalue weighted by atomic mass is 10.0. The molecule has 2 heterocycles. The van der Waals surface area contributed by atoms with Gasteiger partial charge in [-0.05, 0) is 19.9 Å². The highest BCUT2D eigenvalue weighted by Gasteiger charge is 2.26. The highest BCUT2D eigenvalue weighted by atomic mass is 16.5. The molecular weight excluding hydrogens is 234 g/mol. The minimum absolute atomic E-state index is 0.0759. The van der Waals surface area contributed by atoms with Gasteiger partial charge in [-0.25, -0.2) is 9.78 Å². The summed E-state index contributed by atoms with van der Waals surface area (Å²) in [5.41, 5.74) is 0.163. The normalized spacial score (nSPS) is 27.8. The SMILES string of the molecule is CC1CC(Oc2ccc(C(=O)O)cn2)CC(C)O1. The molecule has 1 fully saturated rings. The van der Waals surface area contributed by atoms with Crippen molar-refractivity contribution in [2.45, 2.75) is 45.0 Å². The summed E-state index contributed by atoms with van der Waals surface area (Å²) in [7, 11) is 0. The Morgan fingerprint density at radius 1 is 1.39 bits per heavy atom. The fourth-order valence-corrected chi connectivity index (χ4v) is 2.19. The van der Waals surface area contributed by atoms with Gasteiger partial charge in [0.15, 0.2) is 0 Å². The average Bonchev–Trinajstić information content (AvgIpc) is 2.28. The van der Waals surface area contributed by atoms with Crippen molar-refractivity contribution >= 4 is 5.97 Å². The van der Waals surface area contributed by atoms with Crippen LogP contribution < -0.4 is 4.74 Å². The number of rotatable bonds is 3. The van der Waals surface area contributed by atoms with E-state index in [2.05, 4.69) is 4.98 Å². The lowest BCUT2D eigenvalue weighted by Gasteiger charge is -2.31. The van der Waals surface area contributed by atoms with Gasteiger partial charge in [0.25, 0.3) is 0 Å². The zero-order chi connectivity index (χ0) is 13.1. The van der Waals surface area contributed by atoms with Crippen LogP contribution in [0.4, 0.5) is 0 Å². The van der Waals surface area contributed by atoms with E-state index in [1.54, 1.807) is 6.07 Å². The van der Waals surface area contributed by atoms with E-state index in [1.807, 2.05) is 13.8 Å². The third-order valence-corrected chi connectivity index (χ3v) is 2.92. The molecule has 0 spiro atoms. The van der Waals surface area contributed by atoms with Crippen molar-refractivity contribution in [1.29, 1.82) is 0 Å². The van der Waals surface area contributed by atoms with Crippen LogP contribution in [-0.4, -0.2) is 34.4 Å². The Morgan fingerprint density at radius 3 is 2.56 bits per heavy atom. The Bertz CT molecular complexity index is 408.